The summed E-state index contributed by atoms with van der Waals surface area (Å²) in [5.74, 6) is 8.81. The number of nitrogens with two attached hydrogens (primary N) is 1. The monoisotopic (exact) mass is 271 g/mol. The lowest BCUT2D eigenvalue weighted by atomic mass is 9.75. The second-order valence-electron chi connectivity index (χ2n) is 4.93. The zero-order valence-corrected chi connectivity index (χ0v) is 12.0. The Labute approximate surface area is 121 Å². The Morgan fingerprint density at radius 2 is 2.25 bits per heavy atom. The summed E-state index contributed by atoms with van der Waals surface area (Å²) in [5.41, 5.74) is -0.389. The van der Waals surface area contributed by atoms with Crippen LogP contribution in [0.2, 0.25) is 0 Å². The molecule has 0 aromatic rings. The van der Waals surface area contributed by atoms with Gasteiger partial charge < -0.3 is 4.74 Å². The molecular formula is C16H21N3O. The van der Waals surface area contributed by atoms with Gasteiger partial charge in [-0.05, 0) is 19.4 Å². The third-order valence-electron chi connectivity index (χ3n) is 3.80. The Hall–Kier alpha value is -2.01. The van der Waals surface area contributed by atoms with Gasteiger partial charge in [0.2, 0.25) is 0 Å². The maximum Gasteiger partial charge on any atom is 0.161 e. The lowest BCUT2D eigenvalue weighted by molar-refractivity contribution is -0.0631. The van der Waals surface area contributed by atoms with Crippen molar-refractivity contribution in [2.24, 2.45) is 17.2 Å². The molecule has 0 radical (unpaired) electrons. The van der Waals surface area contributed by atoms with Crippen LogP contribution in [0.1, 0.15) is 20.3 Å². The number of nitriles is 1. The highest BCUT2D eigenvalue weighted by Crippen LogP contribution is 2.46. The summed E-state index contributed by atoms with van der Waals surface area (Å²) >= 11 is 0. The number of hydrogen-bond acceptors (Lipinski definition) is 4. The van der Waals surface area contributed by atoms with Crippen molar-refractivity contribution in [3.8, 4) is 18.4 Å². The fraction of sp³-hybridized carbons (Fsp3) is 0.438. The van der Waals surface area contributed by atoms with Crippen LogP contribution < -0.4 is 5.84 Å². The molecule has 4 atom stereocenters. The van der Waals surface area contributed by atoms with Crippen LogP contribution in [0.25, 0.3) is 0 Å². The van der Waals surface area contributed by atoms with Crippen LogP contribution in [-0.4, -0.2) is 17.3 Å². The molecule has 1 heterocycles. The van der Waals surface area contributed by atoms with Gasteiger partial charge in [-0.2, -0.15) is 5.26 Å². The SMILES string of the molecule is C#CC1(C)C(C=C)C(CC)OC1N(N)C(C#N)=CC=C. The molecule has 4 unspecified atom stereocenters. The highest BCUT2D eigenvalue weighted by Gasteiger charge is 2.53. The first-order valence-electron chi connectivity index (χ1n) is 6.52. The van der Waals surface area contributed by atoms with Gasteiger partial charge >= 0.3 is 0 Å². The lowest BCUT2D eigenvalue weighted by Crippen LogP contribution is -2.48. The minimum absolute atomic E-state index is 0.0165. The average molecular weight is 271 g/mol. The Bertz CT molecular complexity index is 497. The summed E-state index contributed by atoms with van der Waals surface area (Å²) in [6, 6.07) is 2.02. The quantitative estimate of drug-likeness (QED) is 0.208. The van der Waals surface area contributed by atoms with Crippen molar-refractivity contribution in [2.75, 3.05) is 0 Å². The molecule has 1 aliphatic heterocycles. The molecule has 0 spiro atoms. The topological polar surface area (TPSA) is 62.3 Å². The van der Waals surface area contributed by atoms with Gasteiger partial charge in [-0.15, -0.1) is 13.0 Å². The molecular weight excluding hydrogens is 250 g/mol. The molecule has 0 aliphatic carbocycles. The summed E-state index contributed by atoms with van der Waals surface area (Å²) in [7, 11) is 0. The maximum absolute atomic E-state index is 9.16. The van der Waals surface area contributed by atoms with Gasteiger partial charge in [0, 0.05) is 5.92 Å². The van der Waals surface area contributed by atoms with Gasteiger partial charge in [0.1, 0.15) is 11.8 Å². The van der Waals surface area contributed by atoms with Crippen molar-refractivity contribution < 1.29 is 4.74 Å². The van der Waals surface area contributed by atoms with Gasteiger partial charge in [-0.3, -0.25) is 5.01 Å². The van der Waals surface area contributed by atoms with Crippen molar-refractivity contribution in [1.82, 2.24) is 5.01 Å². The van der Waals surface area contributed by atoms with Crippen LogP contribution in [0.15, 0.2) is 37.1 Å². The van der Waals surface area contributed by atoms with Crippen LogP contribution in [0, 0.1) is 35.0 Å². The fourth-order valence-electron chi connectivity index (χ4n) is 2.63. The predicted molar refractivity (Wildman–Crippen MR) is 79.5 cm³/mol. The maximum atomic E-state index is 9.16. The molecule has 0 aromatic carbocycles. The minimum atomic E-state index is -0.645. The third kappa shape index (κ3) is 2.49. The van der Waals surface area contributed by atoms with Gasteiger partial charge in [0.15, 0.2) is 6.23 Å². The summed E-state index contributed by atoms with van der Waals surface area (Å²) in [4.78, 5) is 0. The zero-order chi connectivity index (χ0) is 15.3. The summed E-state index contributed by atoms with van der Waals surface area (Å²) < 4.78 is 5.97. The number of hydrogen-bond donors (Lipinski definition) is 1. The molecule has 20 heavy (non-hydrogen) atoms. The predicted octanol–water partition coefficient (Wildman–Crippen LogP) is 2.33. The number of terminal acetylenes is 1. The molecule has 0 aromatic heterocycles. The van der Waals surface area contributed by atoms with E-state index >= 15 is 0 Å². The Morgan fingerprint density at radius 1 is 1.60 bits per heavy atom. The minimum Gasteiger partial charge on any atom is -0.351 e. The molecule has 0 amide bonds. The van der Waals surface area contributed by atoms with Crippen LogP contribution in [-0.2, 0) is 4.74 Å². The number of hydrazine groups is 1. The summed E-state index contributed by atoms with van der Waals surface area (Å²) in [6.45, 7) is 11.3. The van der Waals surface area contributed by atoms with Crippen molar-refractivity contribution in [2.45, 2.75) is 32.6 Å². The van der Waals surface area contributed by atoms with Gasteiger partial charge in [0.25, 0.3) is 0 Å². The number of ether oxygens (including phenoxy) is 1. The first kappa shape index (κ1) is 16.0. The van der Waals surface area contributed by atoms with E-state index in [-0.39, 0.29) is 17.7 Å². The molecule has 0 saturated carbocycles. The van der Waals surface area contributed by atoms with Crippen LogP contribution in [0.4, 0.5) is 0 Å². The van der Waals surface area contributed by atoms with E-state index in [1.807, 2.05) is 26.0 Å². The zero-order valence-electron chi connectivity index (χ0n) is 12.0. The smallest absolute Gasteiger partial charge is 0.161 e. The highest BCUT2D eigenvalue weighted by atomic mass is 16.5. The highest BCUT2D eigenvalue weighted by molar-refractivity contribution is 5.26. The van der Waals surface area contributed by atoms with E-state index in [9.17, 15) is 0 Å². The first-order valence-corrected chi connectivity index (χ1v) is 6.52. The molecule has 1 aliphatic rings. The number of nitrogens with zero attached hydrogens (tertiary/aromatic N) is 2. The average Bonchev–Trinajstić information content (AvgIpc) is 2.76. The summed E-state index contributed by atoms with van der Waals surface area (Å²) in [6.07, 6.45) is 10.7. The third-order valence-corrected chi connectivity index (χ3v) is 3.80. The van der Waals surface area contributed by atoms with Crippen molar-refractivity contribution in [3.63, 3.8) is 0 Å². The molecule has 4 nitrogen and oxygen atoms in total. The van der Waals surface area contributed by atoms with Crippen molar-refractivity contribution in [1.29, 1.82) is 5.26 Å². The van der Waals surface area contributed by atoms with Gasteiger partial charge in [-0.25, -0.2) is 5.84 Å². The normalized spacial score (nSPS) is 33.0. The van der Waals surface area contributed by atoms with Crippen molar-refractivity contribution in [3.05, 3.63) is 37.1 Å². The fourth-order valence-corrected chi connectivity index (χ4v) is 2.63. The van der Waals surface area contributed by atoms with Crippen LogP contribution in [0.3, 0.4) is 0 Å². The van der Waals surface area contributed by atoms with E-state index in [1.165, 1.54) is 17.2 Å². The molecule has 1 fully saturated rings. The van der Waals surface area contributed by atoms with E-state index in [1.54, 1.807) is 0 Å². The van der Waals surface area contributed by atoms with E-state index in [2.05, 4.69) is 19.1 Å². The molecule has 106 valence electrons. The van der Waals surface area contributed by atoms with Crippen molar-refractivity contribution >= 4 is 0 Å². The Kier molecular flexibility index (Phi) is 5.16. The molecule has 2 N–H and O–H groups in total. The van der Waals surface area contributed by atoms with E-state index in [0.717, 1.165) is 6.42 Å². The van der Waals surface area contributed by atoms with E-state index < -0.39 is 11.6 Å². The van der Waals surface area contributed by atoms with E-state index in [4.69, 9.17) is 22.3 Å². The lowest BCUT2D eigenvalue weighted by Gasteiger charge is -2.34. The molecule has 0 bridgehead atoms. The second kappa shape index (κ2) is 6.43. The number of allylic oxidation sites excluding steroid dienone is 3. The standard InChI is InChI=1S/C16H21N3O/c1-6-10-12(11-17)19(18)15-16(5,9-4)13(7-2)14(8-3)20-15/h4,6-7,10,13-15H,1-2,8,18H2,3,5H3. The number of rotatable bonds is 5. The Morgan fingerprint density at radius 3 is 2.65 bits per heavy atom. The second-order valence-corrected chi connectivity index (χ2v) is 4.93. The van der Waals surface area contributed by atoms with Gasteiger partial charge in [-0.1, -0.05) is 31.6 Å². The largest absolute Gasteiger partial charge is 0.351 e. The Balaban J connectivity index is 3.21. The van der Waals surface area contributed by atoms with E-state index in [0.29, 0.717) is 0 Å². The van der Waals surface area contributed by atoms with Gasteiger partial charge in [0.05, 0.1) is 11.5 Å². The molecule has 4 heteroatoms. The van der Waals surface area contributed by atoms with Crippen LogP contribution in [0.5, 0.6) is 0 Å². The molecule has 1 saturated heterocycles. The first-order chi connectivity index (χ1) is 9.49. The molecule has 1 rings (SSSR count). The summed E-state index contributed by atoms with van der Waals surface area (Å²) in [5, 5.41) is 10.4. The van der Waals surface area contributed by atoms with Crippen LogP contribution >= 0.6 is 0 Å².